The van der Waals surface area contributed by atoms with Crippen molar-refractivity contribution in [1.29, 1.82) is 0 Å². The Labute approximate surface area is 153 Å². The summed E-state index contributed by atoms with van der Waals surface area (Å²) < 4.78 is 0. The fourth-order valence-electron chi connectivity index (χ4n) is 2.73. The van der Waals surface area contributed by atoms with Gasteiger partial charge >= 0.3 is 0 Å². The van der Waals surface area contributed by atoms with Crippen molar-refractivity contribution in [2.24, 2.45) is 0 Å². The lowest BCUT2D eigenvalue weighted by molar-refractivity contribution is 0.102. The molecule has 0 aliphatic rings. The Kier molecular flexibility index (Phi) is 5.27. The molecule has 0 radical (unpaired) electrons. The van der Waals surface area contributed by atoms with E-state index in [0.717, 1.165) is 28.9 Å². The highest BCUT2D eigenvalue weighted by Gasteiger charge is 2.10. The molecule has 3 rings (SSSR count). The average molecular weight is 346 g/mol. The van der Waals surface area contributed by atoms with Gasteiger partial charge in [-0.25, -0.2) is 9.97 Å². The van der Waals surface area contributed by atoms with Gasteiger partial charge in [-0.3, -0.25) is 4.79 Å². The van der Waals surface area contributed by atoms with Gasteiger partial charge in [0.2, 0.25) is 5.95 Å². The number of carbonyl (C=O) groups excluding carboxylic acids is 1. The summed E-state index contributed by atoms with van der Waals surface area (Å²) in [6, 6.07) is 13.8. The summed E-state index contributed by atoms with van der Waals surface area (Å²) in [5.41, 5.74) is 5.56. The van der Waals surface area contributed by atoms with Crippen molar-refractivity contribution in [2.75, 3.05) is 10.6 Å². The Balaban J connectivity index is 1.75. The van der Waals surface area contributed by atoms with Gasteiger partial charge in [0.25, 0.3) is 5.91 Å². The van der Waals surface area contributed by atoms with E-state index in [0.29, 0.717) is 11.5 Å². The molecule has 0 unspecified atom stereocenters. The minimum atomic E-state index is -0.226. The zero-order valence-electron chi connectivity index (χ0n) is 15.2. The molecule has 0 aliphatic heterocycles. The maximum absolute atomic E-state index is 12.4. The first-order chi connectivity index (χ1) is 12.6. The Bertz CT molecular complexity index is 920. The molecule has 132 valence electrons. The first-order valence-corrected chi connectivity index (χ1v) is 8.63. The Morgan fingerprint density at radius 3 is 2.35 bits per heavy atom. The van der Waals surface area contributed by atoms with Crippen LogP contribution in [0.25, 0.3) is 0 Å². The number of hydrogen-bond donors (Lipinski definition) is 2. The van der Waals surface area contributed by atoms with Crippen LogP contribution in [0.3, 0.4) is 0 Å². The Hall–Kier alpha value is -3.21. The molecule has 2 aromatic carbocycles. The van der Waals surface area contributed by atoms with Crippen LogP contribution in [-0.2, 0) is 6.42 Å². The molecule has 1 amide bonds. The Morgan fingerprint density at radius 1 is 0.962 bits per heavy atom. The summed E-state index contributed by atoms with van der Waals surface area (Å²) in [7, 11) is 0. The first-order valence-electron chi connectivity index (χ1n) is 8.63. The van der Waals surface area contributed by atoms with Crippen LogP contribution in [0.1, 0.15) is 34.0 Å². The summed E-state index contributed by atoms with van der Waals surface area (Å²) in [6.07, 6.45) is 3.99. The van der Waals surface area contributed by atoms with E-state index in [1.165, 1.54) is 18.0 Å². The fraction of sp³-hybridized carbons (Fsp3) is 0.190. The molecule has 5 heteroatoms. The van der Waals surface area contributed by atoms with E-state index in [1.807, 2.05) is 50.2 Å². The van der Waals surface area contributed by atoms with Gasteiger partial charge in [0, 0.05) is 23.8 Å². The summed E-state index contributed by atoms with van der Waals surface area (Å²) in [5, 5.41) is 6.15. The van der Waals surface area contributed by atoms with E-state index in [4.69, 9.17) is 0 Å². The van der Waals surface area contributed by atoms with E-state index in [1.54, 1.807) is 0 Å². The van der Waals surface area contributed by atoms with Gasteiger partial charge in [-0.15, -0.1) is 0 Å². The van der Waals surface area contributed by atoms with Crippen LogP contribution in [0.5, 0.6) is 0 Å². The highest BCUT2D eigenvalue weighted by molar-refractivity contribution is 6.04. The molecule has 0 atom stereocenters. The quantitative estimate of drug-likeness (QED) is 0.705. The first kappa shape index (κ1) is 17.6. The van der Waals surface area contributed by atoms with Gasteiger partial charge in [-0.05, 0) is 43.0 Å². The van der Waals surface area contributed by atoms with Crippen LogP contribution >= 0.6 is 0 Å². The maximum Gasteiger partial charge on any atom is 0.258 e. The molecule has 0 bridgehead atoms. The zero-order valence-corrected chi connectivity index (χ0v) is 15.2. The van der Waals surface area contributed by atoms with Crippen molar-refractivity contribution in [3.63, 3.8) is 0 Å². The molecule has 1 heterocycles. The number of benzene rings is 2. The smallest absolute Gasteiger partial charge is 0.258 e. The van der Waals surface area contributed by atoms with Gasteiger partial charge in [-0.1, -0.05) is 43.3 Å². The molecular formula is C21H22N4O. The lowest BCUT2D eigenvalue weighted by Gasteiger charge is -2.13. The van der Waals surface area contributed by atoms with Gasteiger partial charge in [-0.2, -0.15) is 0 Å². The topological polar surface area (TPSA) is 66.9 Å². The van der Waals surface area contributed by atoms with E-state index < -0.39 is 0 Å². The Morgan fingerprint density at radius 2 is 1.65 bits per heavy atom. The van der Waals surface area contributed by atoms with Gasteiger partial charge in [0.1, 0.15) is 0 Å². The fourth-order valence-corrected chi connectivity index (χ4v) is 2.73. The number of aryl methyl sites for hydroxylation is 3. The van der Waals surface area contributed by atoms with Crippen molar-refractivity contribution in [1.82, 2.24) is 9.97 Å². The number of hydrogen-bond acceptors (Lipinski definition) is 4. The molecule has 0 aliphatic carbocycles. The summed E-state index contributed by atoms with van der Waals surface area (Å²) >= 11 is 0. The number of anilines is 3. The lowest BCUT2D eigenvalue weighted by atomic mass is 10.1. The molecule has 1 aromatic heterocycles. The molecule has 3 aromatic rings. The third kappa shape index (κ3) is 3.88. The van der Waals surface area contributed by atoms with Gasteiger partial charge < -0.3 is 10.6 Å². The number of rotatable bonds is 5. The van der Waals surface area contributed by atoms with Crippen molar-refractivity contribution in [3.05, 3.63) is 77.1 Å². The summed E-state index contributed by atoms with van der Waals surface area (Å²) in [4.78, 5) is 21.0. The second-order valence-electron chi connectivity index (χ2n) is 6.15. The number of amides is 1. The highest BCUT2D eigenvalue weighted by Crippen LogP contribution is 2.23. The average Bonchev–Trinajstić information content (AvgIpc) is 2.65. The number of carbonyl (C=O) groups is 1. The van der Waals surface area contributed by atoms with Crippen molar-refractivity contribution < 1.29 is 4.79 Å². The largest absolute Gasteiger partial charge is 0.324 e. The number of aromatic nitrogens is 2. The van der Waals surface area contributed by atoms with Crippen LogP contribution in [-0.4, -0.2) is 15.9 Å². The number of nitrogens with zero attached hydrogens (tertiary/aromatic N) is 2. The second-order valence-corrected chi connectivity index (χ2v) is 6.15. The molecule has 2 N–H and O–H groups in total. The van der Waals surface area contributed by atoms with E-state index >= 15 is 0 Å². The molecule has 5 nitrogen and oxygen atoms in total. The van der Waals surface area contributed by atoms with Crippen LogP contribution in [0, 0.1) is 13.8 Å². The SMILES string of the molecule is CCc1cccc(C)c1Nc1ncc(C(=O)Nc2ccccc2C)cn1. The van der Waals surface area contributed by atoms with Crippen molar-refractivity contribution in [3.8, 4) is 0 Å². The number of nitrogens with one attached hydrogen (secondary N) is 2. The molecule has 0 fully saturated rings. The molecule has 0 saturated carbocycles. The zero-order chi connectivity index (χ0) is 18.5. The molecule has 0 saturated heterocycles. The third-order valence-electron chi connectivity index (χ3n) is 4.28. The standard InChI is InChI=1S/C21H22N4O/c1-4-16-10-7-9-15(3)19(16)25-21-22-12-17(13-23-21)20(26)24-18-11-6-5-8-14(18)2/h5-13H,4H2,1-3H3,(H,24,26)(H,22,23,25). The van der Waals surface area contributed by atoms with Gasteiger partial charge in [0.15, 0.2) is 0 Å². The molecule has 0 spiro atoms. The van der Waals surface area contributed by atoms with Crippen molar-refractivity contribution in [2.45, 2.75) is 27.2 Å². The minimum Gasteiger partial charge on any atom is -0.324 e. The summed E-state index contributed by atoms with van der Waals surface area (Å²) in [6.45, 7) is 6.11. The normalized spacial score (nSPS) is 10.4. The third-order valence-corrected chi connectivity index (χ3v) is 4.28. The molecular weight excluding hydrogens is 324 g/mol. The van der Waals surface area contributed by atoms with E-state index in [2.05, 4.69) is 33.6 Å². The van der Waals surface area contributed by atoms with Gasteiger partial charge in [0.05, 0.1) is 5.56 Å². The molecule has 26 heavy (non-hydrogen) atoms. The number of para-hydroxylation sites is 2. The van der Waals surface area contributed by atoms with Crippen LogP contribution in [0.15, 0.2) is 54.9 Å². The summed E-state index contributed by atoms with van der Waals surface area (Å²) in [5.74, 6) is 0.248. The van der Waals surface area contributed by atoms with Crippen LogP contribution in [0.4, 0.5) is 17.3 Å². The van der Waals surface area contributed by atoms with E-state index in [-0.39, 0.29) is 5.91 Å². The maximum atomic E-state index is 12.4. The van der Waals surface area contributed by atoms with Crippen LogP contribution in [0.2, 0.25) is 0 Å². The van der Waals surface area contributed by atoms with Crippen molar-refractivity contribution >= 4 is 23.2 Å². The predicted molar refractivity (Wildman–Crippen MR) is 105 cm³/mol. The monoisotopic (exact) mass is 346 g/mol. The lowest BCUT2D eigenvalue weighted by Crippen LogP contribution is -2.14. The predicted octanol–water partition coefficient (Wildman–Crippen LogP) is 4.65. The highest BCUT2D eigenvalue weighted by atomic mass is 16.1. The van der Waals surface area contributed by atoms with Crippen LogP contribution < -0.4 is 10.6 Å². The second kappa shape index (κ2) is 7.78. The minimum absolute atomic E-state index is 0.226. The van der Waals surface area contributed by atoms with E-state index in [9.17, 15) is 4.79 Å².